The van der Waals surface area contributed by atoms with Crippen LogP contribution >= 0.6 is 0 Å². The van der Waals surface area contributed by atoms with E-state index in [1.165, 1.54) is 23.4 Å². The van der Waals surface area contributed by atoms with Crippen molar-refractivity contribution in [1.29, 1.82) is 5.26 Å². The van der Waals surface area contributed by atoms with Crippen molar-refractivity contribution in [2.24, 2.45) is 0 Å². The lowest BCUT2D eigenvalue weighted by Crippen LogP contribution is -2.45. The van der Waals surface area contributed by atoms with Gasteiger partial charge in [0.2, 0.25) is 10.0 Å². The van der Waals surface area contributed by atoms with Gasteiger partial charge in [0.15, 0.2) is 6.10 Å². The van der Waals surface area contributed by atoms with E-state index in [0.717, 1.165) is 6.07 Å². The highest BCUT2D eigenvalue weighted by Crippen LogP contribution is 2.22. The molecule has 1 atom stereocenters. The molecule has 2 rings (SSSR count). The zero-order valence-corrected chi connectivity index (χ0v) is 11.2. The van der Waals surface area contributed by atoms with Crippen molar-refractivity contribution < 1.29 is 17.5 Å². The summed E-state index contributed by atoms with van der Waals surface area (Å²) in [5.41, 5.74) is 0.347. The van der Waals surface area contributed by atoms with E-state index in [-0.39, 0.29) is 24.6 Å². The number of halogens is 1. The maximum absolute atomic E-state index is 13.0. The highest BCUT2D eigenvalue weighted by atomic mass is 32.2. The van der Waals surface area contributed by atoms with Gasteiger partial charge in [-0.25, -0.2) is 12.8 Å². The first-order chi connectivity index (χ1) is 8.95. The van der Waals surface area contributed by atoms with Gasteiger partial charge in [0.1, 0.15) is 5.82 Å². The lowest BCUT2D eigenvalue weighted by Gasteiger charge is -2.29. The van der Waals surface area contributed by atoms with Crippen LogP contribution in [-0.2, 0) is 14.8 Å². The molecule has 1 aliphatic heterocycles. The summed E-state index contributed by atoms with van der Waals surface area (Å²) in [6.45, 7) is 1.91. The summed E-state index contributed by atoms with van der Waals surface area (Å²) in [4.78, 5) is 0.0625. The predicted molar refractivity (Wildman–Crippen MR) is 65.2 cm³/mol. The second kappa shape index (κ2) is 5.25. The number of rotatable bonds is 2. The van der Waals surface area contributed by atoms with E-state index in [1.54, 1.807) is 0 Å². The van der Waals surface area contributed by atoms with Crippen LogP contribution in [0, 0.1) is 24.1 Å². The largest absolute Gasteiger partial charge is 0.361 e. The van der Waals surface area contributed by atoms with Crippen molar-refractivity contribution >= 4 is 10.0 Å². The van der Waals surface area contributed by atoms with E-state index < -0.39 is 21.9 Å². The van der Waals surface area contributed by atoms with E-state index >= 15 is 0 Å². The van der Waals surface area contributed by atoms with Crippen molar-refractivity contribution in [3.8, 4) is 6.07 Å². The number of benzene rings is 1. The number of hydrogen-bond donors (Lipinski definition) is 0. The first-order valence-corrected chi connectivity index (χ1v) is 7.16. The Hall–Kier alpha value is -1.49. The zero-order chi connectivity index (χ0) is 14.0. The van der Waals surface area contributed by atoms with Crippen LogP contribution in [0.3, 0.4) is 0 Å². The number of ether oxygens (including phenoxy) is 1. The molecule has 1 aliphatic rings. The van der Waals surface area contributed by atoms with E-state index in [4.69, 9.17) is 10.00 Å². The summed E-state index contributed by atoms with van der Waals surface area (Å²) in [5.74, 6) is -0.478. The Morgan fingerprint density at radius 2 is 2.26 bits per heavy atom. The van der Waals surface area contributed by atoms with Crippen LogP contribution in [0.2, 0.25) is 0 Å². The van der Waals surface area contributed by atoms with Crippen LogP contribution in [0.5, 0.6) is 0 Å². The Labute approximate surface area is 111 Å². The number of nitriles is 1. The molecule has 1 fully saturated rings. The number of nitrogens with zero attached hydrogens (tertiary/aromatic N) is 2. The maximum atomic E-state index is 13.0. The summed E-state index contributed by atoms with van der Waals surface area (Å²) in [5, 5.41) is 8.79. The molecule has 0 radical (unpaired) electrons. The van der Waals surface area contributed by atoms with Crippen molar-refractivity contribution in [2.75, 3.05) is 19.7 Å². The minimum Gasteiger partial charge on any atom is -0.361 e. The molecule has 5 nitrogen and oxygen atoms in total. The third-order valence-electron chi connectivity index (χ3n) is 2.93. The molecular formula is C12H13FN2O3S. The molecule has 0 aliphatic carbocycles. The summed E-state index contributed by atoms with van der Waals surface area (Å²) in [6.07, 6.45) is -0.760. The first kappa shape index (κ1) is 13.9. The van der Waals surface area contributed by atoms with Crippen LogP contribution < -0.4 is 0 Å². The van der Waals surface area contributed by atoms with Crippen LogP contribution in [0.1, 0.15) is 5.56 Å². The number of hydrogen-bond acceptors (Lipinski definition) is 4. The van der Waals surface area contributed by atoms with E-state index in [0.29, 0.717) is 5.56 Å². The molecule has 7 heteroatoms. The average Bonchev–Trinajstić information content (AvgIpc) is 2.38. The van der Waals surface area contributed by atoms with Crippen molar-refractivity contribution in [3.05, 3.63) is 29.6 Å². The SMILES string of the molecule is Cc1cc(F)ccc1S(=O)(=O)N1CCOC(C#N)C1. The van der Waals surface area contributed by atoms with E-state index in [9.17, 15) is 12.8 Å². The normalized spacial score (nSPS) is 21.0. The summed E-state index contributed by atoms with van der Waals surface area (Å²) in [6, 6.07) is 5.43. The van der Waals surface area contributed by atoms with Crippen molar-refractivity contribution in [1.82, 2.24) is 4.31 Å². The van der Waals surface area contributed by atoms with Gasteiger partial charge >= 0.3 is 0 Å². The monoisotopic (exact) mass is 284 g/mol. The molecule has 1 aromatic carbocycles. The molecule has 19 heavy (non-hydrogen) atoms. The van der Waals surface area contributed by atoms with Gasteiger partial charge < -0.3 is 4.74 Å². The molecule has 0 spiro atoms. The van der Waals surface area contributed by atoms with Crippen LogP contribution in [0.15, 0.2) is 23.1 Å². The second-order valence-corrected chi connectivity index (χ2v) is 6.17. The van der Waals surface area contributed by atoms with Gasteiger partial charge in [-0.15, -0.1) is 0 Å². The third-order valence-corrected chi connectivity index (χ3v) is 4.95. The fraction of sp³-hybridized carbons (Fsp3) is 0.417. The highest BCUT2D eigenvalue weighted by Gasteiger charge is 2.31. The van der Waals surface area contributed by atoms with E-state index in [1.807, 2.05) is 6.07 Å². The molecule has 0 amide bonds. The summed E-state index contributed by atoms with van der Waals surface area (Å²) in [7, 11) is -3.72. The standard InChI is InChI=1S/C12H13FN2O3S/c1-9-6-10(13)2-3-12(9)19(16,17)15-4-5-18-11(7-14)8-15/h2-3,6,11H,4-5,8H2,1H3. The van der Waals surface area contributed by atoms with Crippen LogP contribution in [0.25, 0.3) is 0 Å². The zero-order valence-electron chi connectivity index (χ0n) is 10.3. The molecule has 1 unspecified atom stereocenters. The molecule has 1 heterocycles. The molecule has 0 bridgehead atoms. The average molecular weight is 284 g/mol. The predicted octanol–water partition coefficient (Wildman–Crippen LogP) is 1.05. The Bertz CT molecular complexity index is 624. The van der Waals surface area contributed by atoms with Crippen LogP contribution in [-0.4, -0.2) is 38.5 Å². The Morgan fingerprint density at radius 3 is 2.89 bits per heavy atom. The Balaban J connectivity index is 2.34. The van der Waals surface area contributed by atoms with Crippen LogP contribution in [0.4, 0.5) is 4.39 Å². The molecule has 0 N–H and O–H groups in total. The van der Waals surface area contributed by atoms with Gasteiger partial charge in [0, 0.05) is 6.54 Å². The van der Waals surface area contributed by atoms with Crippen molar-refractivity contribution in [2.45, 2.75) is 17.9 Å². The van der Waals surface area contributed by atoms with E-state index in [2.05, 4.69) is 0 Å². The van der Waals surface area contributed by atoms with Crippen molar-refractivity contribution in [3.63, 3.8) is 0 Å². The number of aryl methyl sites for hydroxylation is 1. The fourth-order valence-corrected chi connectivity index (χ4v) is 3.59. The number of sulfonamides is 1. The molecule has 0 saturated carbocycles. The quantitative estimate of drug-likeness (QED) is 0.814. The second-order valence-electron chi connectivity index (χ2n) is 4.26. The fourth-order valence-electron chi connectivity index (χ4n) is 1.96. The molecular weight excluding hydrogens is 271 g/mol. The molecule has 1 saturated heterocycles. The van der Waals surface area contributed by atoms with Gasteiger partial charge in [-0.3, -0.25) is 0 Å². The lowest BCUT2D eigenvalue weighted by molar-refractivity contribution is 0.0311. The minimum atomic E-state index is -3.72. The molecule has 0 aromatic heterocycles. The Morgan fingerprint density at radius 1 is 1.53 bits per heavy atom. The minimum absolute atomic E-state index is 0.00432. The van der Waals surface area contributed by atoms with Gasteiger partial charge in [-0.1, -0.05) is 0 Å². The van der Waals surface area contributed by atoms with Gasteiger partial charge in [-0.2, -0.15) is 9.57 Å². The summed E-state index contributed by atoms with van der Waals surface area (Å²) < 4.78 is 44.2. The van der Waals surface area contributed by atoms with Gasteiger partial charge in [0.05, 0.1) is 24.1 Å². The Kier molecular flexibility index (Phi) is 3.85. The maximum Gasteiger partial charge on any atom is 0.243 e. The molecule has 102 valence electrons. The smallest absolute Gasteiger partial charge is 0.243 e. The number of morpholine rings is 1. The van der Waals surface area contributed by atoms with Gasteiger partial charge in [-0.05, 0) is 30.7 Å². The summed E-state index contributed by atoms with van der Waals surface area (Å²) >= 11 is 0. The lowest BCUT2D eigenvalue weighted by atomic mass is 10.2. The highest BCUT2D eigenvalue weighted by molar-refractivity contribution is 7.89. The van der Waals surface area contributed by atoms with Gasteiger partial charge in [0.25, 0.3) is 0 Å². The topological polar surface area (TPSA) is 70.4 Å². The first-order valence-electron chi connectivity index (χ1n) is 5.72. The third kappa shape index (κ3) is 2.76. The molecule has 1 aromatic rings.